The lowest BCUT2D eigenvalue weighted by Crippen LogP contribution is -2.49. The van der Waals surface area contributed by atoms with E-state index >= 15 is 0 Å². The van der Waals surface area contributed by atoms with Gasteiger partial charge in [-0.1, -0.05) is 50.2 Å². The van der Waals surface area contributed by atoms with Crippen molar-refractivity contribution in [3.63, 3.8) is 0 Å². The Hall–Kier alpha value is -2.29. The van der Waals surface area contributed by atoms with Crippen LogP contribution >= 0.6 is 0 Å². The molecule has 1 heterocycles. The second-order valence-corrected chi connectivity index (χ2v) is 7.22. The van der Waals surface area contributed by atoms with Crippen molar-refractivity contribution >= 4 is 11.6 Å². The van der Waals surface area contributed by atoms with Crippen molar-refractivity contribution in [3.8, 4) is 0 Å². The Morgan fingerprint density at radius 3 is 2.20 bits per heavy atom. The summed E-state index contributed by atoms with van der Waals surface area (Å²) in [6.45, 7) is 9.91. The van der Waals surface area contributed by atoms with Crippen molar-refractivity contribution in [3.05, 3.63) is 65.2 Å². The van der Waals surface area contributed by atoms with E-state index in [2.05, 4.69) is 62.1 Å². The fourth-order valence-electron chi connectivity index (χ4n) is 3.37. The highest BCUT2D eigenvalue weighted by Crippen LogP contribution is 2.21. The first kappa shape index (κ1) is 17.5. The van der Waals surface area contributed by atoms with Gasteiger partial charge in [0.15, 0.2) is 0 Å². The van der Waals surface area contributed by atoms with Gasteiger partial charge >= 0.3 is 0 Å². The van der Waals surface area contributed by atoms with E-state index < -0.39 is 0 Å². The Balaban J connectivity index is 1.56. The van der Waals surface area contributed by atoms with Crippen LogP contribution in [0.5, 0.6) is 0 Å². The Morgan fingerprint density at radius 1 is 0.960 bits per heavy atom. The molecule has 132 valence electrons. The van der Waals surface area contributed by atoms with Gasteiger partial charge in [0.2, 0.25) is 5.91 Å². The Kier molecular flexibility index (Phi) is 5.42. The van der Waals surface area contributed by atoms with Crippen LogP contribution < -0.4 is 4.90 Å². The van der Waals surface area contributed by atoms with Crippen molar-refractivity contribution in [1.82, 2.24) is 4.90 Å². The van der Waals surface area contributed by atoms with Crippen LogP contribution in [-0.2, 0) is 11.2 Å². The molecule has 1 fully saturated rings. The average Bonchev–Trinajstić information content (AvgIpc) is 2.64. The summed E-state index contributed by atoms with van der Waals surface area (Å²) in [5.74, 6) is 0.800. The minimum atomic E-state index is 0.240. The fraction of sp³-hybridized carbons (Fsp3) is 0.409. The van der Waals surface area contributed by atoms with Gasteiger partial charge in [0.1, 0.15) is 0 Å². The summed E-state index contributed by atoms with van der Waals surface area (Å²) in [6, 6.07) is 17.0. The molecule has 1 aliphatic heterocycles. The average molecular weight is 336 g/mol. The van der Waals surface area contributed by atoms with Gasteiger partial charge in [-0.15, -0.1) is 0 Å². The van der Waals surface area contributed by atoms with Gasteiger partial charge in [-0.25, -0.2) is 0 Å². The molecule has 0 aliphatic carbocycles. The SMILES string of the molecule is Cc1ccccc1CC(=O)N1CCN(c2ccc(C(C)C)cc2)CC1. The molecule has 0 atom stereocenters. The Bertz CT molecular complexity index is 713. The maximum absolute atomic E-state index is 12.6. The molecule has 2 aromatic carbocycles. The number of hydrogen-bond acceptors (Lipinski definition) is 2. The van der Waals surface area contributed by atoms with Crippen LogP contribution in [0.3, 0.4) is 0 Å². The molecular formula is C22H28N2O. The lowest BCUT2D eigenvalue weighted by molar-refractivity contribution is -0.130. The van der Waals surface area contributed by atoms with E-state index in [0.717, 1.165) is 31.7 Å². The van der Waals surface area contributed by atoms with Crippen molar-refractivity contribution in [2.24, 2.45) is 0 Å². The first-order valence-electron chi connectivity index (χ1n) is 9.22. The zero-order chi connectivity index (χ0) is 17.8. The van der Waals surface area contributed by atoms with Crippen LogP contribution in [0, 0.1) is 6.92 Å². The molecule has 0 spiro atoms. The van der Waals surface area contributed by atoms with Crippen LogP contribution in [0.15, 0.2) is 48.5 Å². The van der Waals surface area contributed by atoms with Gasteiger partial charge in [-0.3, -0.25) is 4.79 Å². The van der Waals surface area contributed by atoms with E-state index in [0.29, 0.717) is 12.3 Å². The maximum atomic E-state index is 12.6. The van der Waals surface area contributed by atoms with E-state index in [4.69, 9.17) is 0 Å². The van der Waals surface area contributed by atoms with Gasteiger partial charge in [0.05, 0.1) is 6.42 Å². The highest BCUT2D eigenvalue weighted by molar-refractivity contribution is 5.79. The quantitative estimate of drug-likeness (QED) is 0.842. The highest BCUT2D eigenvalue weighted by Gasteiger charge is 2.21. The number of piperazine rings is 1. The third-order valence-electron chi connectivity index (χ3n) is 5.16. The van der Waals surface area contributed by atoms with Crippen molar-refractivity contribution in [2.45, 2.75) is 33.1 Å². The zero-order valence-electron chi connectivity index (χ0n) is 15.5. The number of anilines is 1. The second-order valence-electron chi connectivity index (χ2n) is 7.22. The summed E-state index contributed by atoms with van der Waals surface area (Å²) in [7, 11) is 0. The van der Waals surface area contributed by atoms with Crippen molar-refractivity contribution < 1.29 is 4.79 Å². The van der Waals surface area contributed by atoms with Crippen LogP contribution in [0.2, 0.25) is 0 Å². The lowest BCUT2D eigenvalue weighted by atomic mass is 10.0. The lowest BCUT2D eigenvalue weighted by Gasteiger charge is -2.36. The van der Waals surface area contributed by atoms with Gasteiger partial charge in [-0.05, 0) is 41.7 Å². The predicted octanol–water partition coefficient (Wildman–Crippen LogP) is 4.01. The molecule has 0 unspecified atom stereocenters. The summed E-state index contributed by atoms with van der Waals surface area (Å²) in [4.78, 5) is 17.0. The summed E-state index contributed by atoms with van der Waals surface area (Å²) in [6.07, 6.45) is 0.510. The largest absolute Gasteiger partial charge is 0.368 e. The number of carbonyl (C=O) groups is 1. The third kappa shape index (κ3) is 4.22. The standard InChI is InChI=1S/C22H28N2O/c1-17(2)19-8-10-21(11-9-19)23-12-14-24(15-13-23)22(25)16-20-7-5-4-6-18(20)3/h4-11,17H,12-16H2,1-3H3. The minimum Gasteiger partial charge on any atom is -0.368 e. The first-order chi connectivity index (χ1) is 12.0. The normalized spacial score (nSPS) is 14.9. The van der Waals surface area contributed by atoms with Crippen LogP contribution in [0.1, 0.15) is 36.5 Å². The van der Waals surface area contributed by atoms with Gasteiger partial charge in [-0.2, -0.15) is 0 Å². The van der Waals surface area contributed by atoms with E-state index in [1.165, 1.54) is 16.8 Å². The topological polar surface area (TPSA) is 23.6 Å². The number of benzene rings is 2. The number of aryl methyl sites for hydroxylation is 1. The molecule has 0 saturated carbocycles. The molecule has 25 heavy (non-hydrogen) atoms. The summed E-state index contributed by atoms with van der Waals surface area (Å²) in [5, 5.41) is 0. The van der Waals surface area contributed by atoms with Gasteiger partial charge in [0, 0.05) is 31.9 Å². The molecule has 1 amide bonds. The van der Waals surface area contributed by atoms with E-state index in [1.54, 1.807) is 0 Å². The fourth-order valence-corrected chi connectivity index (χ4v) is 3.37. The Labute approximate surface area is 151 Å². The number of carbonyl (C=O) groups excluding carboxylic acids is 1. The second kappa shape index (κ2) is 7.73. The molecular weight excluding hydrogens is 308 g/mol. The summed E-state index contributed by atoms with van der Waals surface area (Å²) < 4.78 is 0. The summed E-state index contributed by atoms with van der Waals surface area (Å²) in [5.41, 5.74) is 4.96. The molecule has 0 bridgehead atoms. The van der Waals surface area contributed by atoms with E-state index in [9.17, 15) is 4.79 Å². The van der Waals surface area contributed by atoms with E-state index in [-0.39, 0.29) is 5.91 Å². The number of amides is 1. The monoisotopic (exact) mass is 336 g/mol. The molecule has 1 aliphatic rings. The third-order valence-corrected chi connectivity index (χ3v) is 5.16. The predicted molar refractivity (Wildman–Crippen MR) is 104 cm³/mol. The molecule has 0 N–H and O–H groups in total. The summed E-state index contributed by atoms with van der Waals surface area (Å²) >= 11 is 0. The van der Waals surface area contributed by atoms with Crippen molar-refractivity contribution in [1.29, 1.82) is 0 Å². The number of rotatable bonds is 4. The molecule has 3 heteroatoms. The smallest absolute Gasteiger partial charge is 0.227 e. The Morgan fingerprint density at radius 2 is 1.60 bits per heavy atom. The first-order valence-corrected chi connectivity index (χ1v) is 9.22. The zero-order valence-corrected chi connectivity index (χ0v) is 15.5. The molecule has 3 rings (SSSR count). The van der Waals surface area contributed by atoms with Gasteiger partial charge in [0.25, 0.3) is 0 Å². The highest BCUT2D eigenvalue weighted by atomic mass is 16.2. The molecule has 0 radical (unpaired) electrons. The van der Waals surface area contributed by atoms with E-state index in [1.807, 2.05) is 17.0 Å². The van der Waals surface area contributed by atoms with Crippen LogP contribution in [-0.4, -0.2) is 37.0 Å². The molecule has 3 nitrogen and oxygen atoms in total. The number of hydrogen-bond donors (Lipinski definition) is 0. The molecule has 1 saturated heterocycles. The van der Waals surface area contributed by atoms with Crippen LogP contribution in [0.4, 0.5) is 5.69 Å². The van der Waals surface area contributed by atoms with Crippen molar-refractivity contribution in [2.75, 3.05) is 31.1 Å². The molecule has 2 aromatic rings. The minimum absolute atomic E-state index is 0.240. The van der Waals surface area contributed by atoms with Crippen LogP contribution in [0.25, 0.3) is 0 Å². The number of nitrogens with zero attached hydrogens (tertiary/aromatic N) is 2. The molecule has 0 aromatic heterocycles. The van der Waals surface area contributed by atoms with Gasteiger partial charge < -0.3 is 9.80 Å². The maximum Gasteiger partial charge on any atom is 0.227 e.